The van der Waals surface area contributed by atoms with Crippen molar-refractivity contribution >= 4 is 44.7 Å². The van der Waals surface area contributed by atoms with E-state index in [2.05, 4.69) is 15.3 Å². The first-order chi connectivity index (χ1) is 16.8. The predicted octanol–water partition coefficient (Wildman–Crippen LogP) is 2.15. The van der Waals surface area contributed by atoms with E-state index in [0.717, 1.165) is 11.6 Å². The molecule has 2 aromatic carbocycles. The molecule has 0 saturated carbocycles. The van der Waals surface area contributed by atoms with Gasteiger partial charge in [-0.3, -0.25) is 9.78 Å². The molecule has 11 heteroatoms. The lowest BCUT2D eigenvalue weighted by Crippen LogP contribution is -2.40. The Bertz CT molecular complexity index is 1380. The second-order valence-electron chi connectivity index (χ2n) is 7.77. The number of carbonyl (C=O) groups is 2. The van der Waals surface area contributed by atoms with Crippen LogP contribution in [-0.4, -0.2) is 67.5 Å². The Morgan fingerprint density at radius 1 is 1.14 bits per heavy atom. The van der Waals surface area contributed by atoms with Gasteiger partial charge in [0.15, 0.2) is 6.61 Å². The first-order valence-corrected chi connectivity index (χ1v) is 12.3. The number of ether oxygens (including phenoxy) is 2. The Balaban J connectivity index is 1.34. The molecule has 0 radical (unpaired) electrons. The van der Waals surface area contributed by atoms with E-state index in [0.29, 0.717) is 30.0 Å². The summed E-state index contributed by atoms with van der Waals surface area (Å²) in [5.74, 6) is -1.33. The van der Waals surface area contributed by atoms with Gasteiger partial charge in [-0.1, -0.05) is 18.2 Å². The van der Waals surface area contributed by atoms with Gasteiger partial charge >= 0.3 is 5.97 Å². The number of morpholine rings is 1. The lowest BCUT2D eigenvalue weighted by Gasteiger charge is -2.26. The van der Waals surface area contributed by atoms with Crippen LogP contribution in [0.5, 0.6) is 0 Å². The highest BCUT2D eigenvalue weighted by molar-refractivity contribution is 7.89. The normalized spacial score (nSPS) is 14.8. The summed E-state index contributed by atoms with van der Waals surface area (Å²) in [4.78, 5) is 33.0. The van der Waals surface area contributed by atoms with E-state index in [1.165, 1.54) is 22.6 Å². The number of nitrogens with zero attached hydrogens (tertiary/aromatic N) is 3. The van der Waals surface area contributed by atoms with Gasteiger partial charge in [0, 0.05) is 24.9 Å². The van der Waals surface area contributed by atoms with Crippen LogP contribution < -0.4 is 5.32 Å². The van der Waals surface area contributed by atoms with Crippen LogP contribution in [-0.2, 0) is 29.1 Å². The van der Waals surface area contributed by atoms with Crippen molar-refractivity contribution in [1.82, 2.24) is 14.3 Å². The summed E-state index contributed by atoms with van der Waals surface area (Å²) < 4.78 is 37.5. The van der Waals surface area contributed by atoms with E-state index in [9.17, 15) is 18.0 Å². The van der Waals surface area contributed by atoms with E-state index in [-0.39, 0.29) is 23.7 Å². The van der Waals surface area contributed by atoms with Crippen molar-refractivity contribution in [3.05, 3.63) is 66.0 Å². The highest BCUT2D eigenvalue weighted by Gasteiger charge is 2.28. The molecule has 4 rings (SSSR count). The average Bonchev–Trinajstić information content (AvgIpc) is 2.87. The number of aromatic nitrogens is 2. The van der Waals surface area contributed by atoms with E-state index in [4.69, 9.17) is 9.47 Å². The smallest absolute Gasteiger partial charge is 0.331 e. The van der Waals surface area contributed by atoms with Gasteiger partial charge in [0.25, 0.3) is 5.91 Å². The number of hydrogen-bond acceptors (Lipinski definition) is 8. The lowest BCUT2D eigenvalue weighted by atomic mass is 10.2. The first kappa shape index (κ1) is 24.5. The van der Waals surface area contributed by atoms with Crippen LogP contribution in [0.15, 0.2) is 59.6 Å². The second-order valence-corrected chi connectivity index (χ2v) is 9.68. The average molecular weight is 497 g/mol. The summed E-state index contributed by atoms with van der Waals surface area (Å²) in [6.45, 7) is 2.36. The summed E-state index contributed by atoms with van der Waals surface area (Å²) >= 11 is 0. The van der Waals surface area contributed by atoms with Crippen LogP contribution in [0, 0.1) is 6.92 Å². The number of para-hydroxylation sites is 2. The zero-order chi connectivity index (χ0) is 24.8. The van der Waals surface area contributed by atoms with Crippen molar-refractivity contribution in [3.63, 3.8) is 0 Å². The van der Waals surface area contributed by atoms with Crippen LogP contribution in [0.3, 0.4) is 0 Å². The maximum Gasteiger partial charge on any atom is 0.331 e. The fourth-order valence-electron chi connectivity index (χ4n) is 3.47. The van der Waals surface area contributed by atoms with Gasteiger partial charge < -0.3 is 14.8 Å². The van der Waals surface area contributed by atoms with Gasteiger partial charge in [-0.25, -0.2) is 18.2 Å². The number of carbonyl (C=O) groups excluding carboxylic acids is 2. The van der Waals surface area contributed by atoms with E-state index >= 15 is 0 Å². The molecule has 1 N–H and O–H groups in total. The number of aryl methyl sites for hydroxylation is 1. The highest BCUT2D eigenvalue weighted by atomic mass is 32.2. The molecule has 3 aromatic rings. The Morgan fingerprint density at radius 2 is 1.89 bits per heavy atom. The Labute approximate surface area is 202 Å². The predicted molar refractivity (Wildman–Crippen MR) is 129 cm³/mol. The summed E-state index contributed by atoms with van der Waals surface area (Å²) in [6.07, 6.45) is 4.13. The Hall–Kier alpha value is -3.67. The number of nitrogens with one attached hydrogen (secondary N) is 1. The van der Waals surface area contributed by atoms with Crippen LogP contribution in [0.2, 0.25) is 0 Å². The van der Waals surface area contributed by atoms with E-state index in [1.807, 2.05) is 24.3 Å². The molecule has 0 atom stereocenters. The largest absolute Gasteiger partial charge is 0.452 e. The number of esters is 1. The minimum atomic E-state index is -3.73. The topological polar surface area (TPSA) is 128 Å². The Morgan fingerprint density at radius 3 is 2.66 bits per heavy atom. The molecule has 1 saturated heterocycles. The molecule has 0 spiro atoms. The summed E-state index contributed by atoms with van der Waals surface area (Å²) in [6, 6.07) is 11.9. The number of anilines is 1. The molecule has 10 nitrogen and oxygen atoms in total. The SMILES string of the molecule is Cc1ccc(NC(=O)COC(=O)C=Cc2cnc3ccccc3n2)cc1S(=O)(=O)N1CCOCC1. The monoisotopic (exact) mass is 496 g/mol. The minimum absolute atomic E-state index is 0.105. The second kappa shape index (κ2) is 10.7. The summed E-state index contributed by atoms with van der Waals surface area (Å²) in [5, 5.41) is 2.56. The molecule has 1 aromatic heterocycles. The van der Waals surface area contributed by atoms with Crippen molar-refractivity contribution in [2.45, 2.75) is 11.8 Å². The zero-order valence-electron chi connectivity index (χ0n) is 19.0. The first-order valence-electron chi connectivity index (χ1n) is 10.9. The van der Waals surface area contributed by atoms with Gasteiger partial charge in [0.1, 0.15) is 0 Å². The highest BCUT2D eigenvalue weighted by Crippen LogP contribution is 2.24. The van der Waals surface area contributed by atoms with Crippen LogP contribution in [0.1, 0.15) is 11.3 Å². The Kier molecular flexibility index (Phi) is 7.49. The summed E-state index contributed by atoms with van der Waals surface area (Å²) in [7, 11) is -3.73. The molecule has 0 unspecified atom stereocenters. The van der Waals surface area contributed by atoms with Crippen molar-refractivity contribution in [2.75, 3.05) is 38.2 Å². The van der Waals surface area contributed by atoms with Crippen molar-refractivity contribution in [1.29, 1.82) is 0 Å². The van der Waals surface area contributed by atoms with E-state index < -0.39 is 28.5 Å². The van der Waals surface area contributed by atoms with Crippen molar-refractivity contribution in [3.8, 4) is 0 Å². The van der Waals surface area contributed by atoms with Crippen molar-refractivity contribution < 1.29 is 27.5 Å². The van der Waals surface area contributed by atoms with Crippen LogP contribution in [0.4, 0.5) is 5.69 Å². The number of fused-ring (bicyclic) bond motifs is 1. The molecule has 1 amide bonds. The fourth-order valence-corrected chi connectivity index (χ4v) is 5.13. The number of hydrogen-bond donors (Lipinski definition) is 1. The summed E-state index contributed by atoms with van der Waals surface area (Å²) in [5.41, 5.74) is 2.74. The number of amides is 1. The molecule has 1 aliphatic rings. The minimum Gasteiger partial charge on any atom is -0.452 e. The van der Waals surface area contributed by atoms with Gasteiger partial charge in [-0.2, -0.15) is 4.31 Å². The van der Waals surface area contributed by atoms with Gasteiger partial charge in [-0.15, -0.1) is 0 Å². The maximum absolute atomic E-state index is 13.0. The number of benzene rings is 2. The lowest BCUT2D eigenvalue weighted by molar-refractivity contribution is -0.142. The molecule has 1 fully saturated rings. The third kappa shape index (κ3) is 6.07. The molecular weight excluding hydrogens is 472 g/mol. The standard InChI is InChI=1S/C24H24N4O6S/c1-17-6-7-18(14-22(17)35(31,32)28-10-12-33-13-11-28)27-23(29)16-34-24(30)9-8-19-15-25-20-4-2-3-5-21(20)26-19/h2-9,14-15H,10-13,16H2,1H3,(H,27,29). The van der Waals surface area contributed by atoms with Crippen molar-refractivity contribution in [2.24, 2.45) is 0 Å². The molecule has 0 bridgehead atoms. The molecule has 1 aliphatic heterocycles. The maximum atomic E-state index is 13.0. The van der Waals surface area contributed by atoms with Gasteiger partial charge in [0.05, 0.1) is 41.0 Å². The molecule has 2 heterocycles. The van der Waals surface area contributed by atoms with Crippen LogP contribution >= 0.6 is 0 Å². The third-order valence-corrected chi connectivity index (χ3v) is 7.30. The molecule has 35 heavy (non-hydrogen) atoms. The fraction of sp³-hybridized carbons (Fsp3) is 0.250. The quantitative estimate of drug-likeness (QED) is 0.389. The third-order valence-electron chi connectivity index (χ3n) is 5.26. The number of rotatable bonds is 7. The zero-order valence-corrected chi connectivity index (χ0v) is 19.8. The molecule has 182 valence electrons. The molecule has 0 aliphatic carbocycles. The van der Waals surface area contributed by atoms with Gasteiger partial charge in [0.2, 0.25) is 10.0 Å². The number of sulfonamides is 1. The molecular formula is C24H24N4O6S. The van der Waals surface area contributed by atoms with E-state index in [1.54, 1.807) is 19.1 Å². The van der Waals surface area contributed by atoms with Crippen LogP contribution in [0.25, 0.3) is 17.1 Å². The van der Waals surface area contributed by atoms with Gasteiger partial charge in [-0.05, 0) is 42.8 Å².